The Morgan fingerprint density at radius 3 is 2.71 bits per heavy atom. The first-order chi connectivity index (χ1) is 6.76. The number of hydrogen-bond donors (Lipinski definition) is 0. The minimum atomic E-state index is 0.642. The van der Waals surface area contributed by atoms with Gasteiger partial charge in [0.1, 0.15) is 5.75 Å². The maximum absolute atomic E-state index is 5.45. The molecule has 0 aliphatic carbocycles. The summed E-state index contributed by atoms with van der Waals surface area (Å²) < 4.78 is 11.6. The molecule has 0 heterocycles. The van der Waals surface area contributed by atoms with Gasteiger partial charge in [-0.3, -0.25) is 0 Å². The summed E-state index contributed by atoms with van der Waals surface area (Å²) in [5.74, 6) is 0.856. The van der Waals surface area contributed by atoms with Crippen LogP contribution in [0.2, 0.25) is 0 Å². The largest absolute Gasteiger partial charge is 0.497 e. The van der Waals surface area contributed by atoms with E-state index >= 15 is 0 Å². The number of rotatable bonds is 5. The molecule has 0 spiro atoms. The first kappa shape index (κ1) is 11.5. The molecule has 0 aliphatic heterocycles. The van der Waals surface area contributed by atoms with E-state index in [2.05, 4.69) is 22.9 Å². The van der Waals surface area contributed by atoms with Gasteiger partial charge in [-0.1, -0.05) is 22.9 Å². The third-order valence-electron chi connectivity index (χ3n) is 1.78. The van der Waals surface area contributed by atoms with Crippen LogP contribution >= 0.6 is 15.9 Å². The fourth-order valence-corrected chi connectivity index (χ4v) is 1.68. The molecule has 0 N–H and O–H groups in total. The third kappa shape index (κ3) is 3.68. The normalized spacial score (nSPS) is 10.2. The molecular formula is C11H15BrO2. The topological polar surface area (TPSA) is 18.5 Å². The second kappa shape index (κ2) is 6.04. The lowest BCUT2D eigenvalue weighted by Gasteiger charge is -2.06. The Balaban J connectivity index is 2.62. The van der Waals surface area contributed by atoms with Crippen LogP contribution in [0.1, 0.15) is 18.9 Å². The Morgan fingerprint density at radius 1 is 1.29 bits per heavy atom. The molecule has 0 amide bonds. The zero-order valence-electron chi connectivity index (χ0n) is 8.55. The van der Waals surface area contributed by atoms with Gasteiger partial charge in [-0.05, 0) is 30.2 Å². The van der Waals surface area contributed by atoms with Crippen molar-refractivity contribution >= 4 is 15.9 Å². The van der Waals surface area contributed by atoms with Crippen molar-refractivity contribution in [2.45, 2.75) is 20.0 Å². The highest BCUT2D eigenvalue weighted by Gasteiger charge is 1.99. The smallest absolute Gasteiger partial charge is 0.120 e. The molecule has 1 aromatic rings. The van der Waals surface area contributed by atoms with Gasteiger partial charge in [-0.25, -0.2) is 0 Å². The summed E-state index contributed by atoms with van der Waals surface area (Å²) in [5, 5.41) is 0. The molecule has 2 nitrogen and oxygen atoms in total. The highest BCUT2D eigenvalue weighted by molar-refractivity contribution is 9.10. The lowest BCUT2D eigenvalue weighted by Crippen LogP contribution is -1.95. The van der Waals surface area contributed by atoms with Gasteiger partial charge in [0.25, 0.3) is 0 Å². The van der Waals surface area contributed by atoms with Crippen molar-refractivity contribution in [3.05, 3.63) is 28.2 Å². The zero-order chi connectivity index (χ0) is 10.4. The first-order valence-electron chi connectivity index (χ1n) is 4.67. The van der Waals surface area contributed by atoms with Crippen molar-refractivity contribution in [1.29, 1.82) is 0 Å². The summed E-state index contributed by atoms with van der Waals surface area (Å²) in [7, 11) is 1.67. The summed E-state index contributed by atoms with van der Waals surface area (Å²) in [6.07, 6.45) is 1.05. The molecule has 0 bridgehead atoms. The predicted molar refractivity (Wildman–Crippen MR) is 60.6 cm³/mol. The Kier molecular flexibility index (Phi) is 4.98. The average molecular weight is 259 g/mol. The fourth-order valence-electron chi connectivity index (χ4n) is 1.16. The molecule has 0 fully saturated rings. The Morgan fingerprint density at radius 2 is 2.07 bits per heavy atom. The van der Waals surface area contributed by atoms with Crippen molar-refractivity contribution in [3.8, 4) is 5.75 Å². The van der Waals surface area contributed by atoms with Crippen molar-refractivity contribution in [1.82, 2.24) is 0 Å². The van der Waals surface area contributed by atoms with Crippen LogP contribution in [0.15, 0.2) is 22.7 Å². The zero-order valence-corrected chi connectivity index (χ0v) is 10.1. The molecule has 14 heavy (non-hydrogen) atoms. The standard InChI is InChI=1S/C11H15BrO2/c1-3-4-14-8-9-5-10(12)7-11(6-9)13-2/h5-7H,3-4,8H2,1-2H3. The maximum Gasteiger partial charge on any atom is 0.120 e. The number of hydrogen-bond acceptors (Lipinski definition) is 2. The fraction of sp³-hybridized carbons (Fsp3) is 0.455. The lowest BCUT2D eigenvalue weighted by atomic mass is 10.2. The summed E-state index contributed by atoms with van der Waals surface area (Å²) in [5.41, 5.74) is 1.13. The monoisotopic (exact) mass is 258 g/mol. The minimum absolute atomic E-state index is 0.642. The SMILES string of the molecule is CCCOCc1cc(Br)cc(OC)c1. The van der Waals surface area contributed by atoms with Crippen molar-refractivity contribution in [3.63, 3.8) is 0 Å². The summed E-state index contributed by atoms with van der Waals surface area (Å²) in [6, 6.07) is 5.96. The third-order valence-corrected chi connectivity index (χ3v) is 2.24. The van der Waals surface area contributed by atoms with Crippen LogP contribution < -0.4 is 4.74 Å². The molecule has 0 radical (unpaired) electrons. The van der Waals surface area contributed by atoms with E-state index in [0.717, 1.165) is 28.8 Å². The second-order valence-corrected chi connectivity index (χ2v) is 3.97. The van der Waals surface area contributed by atoms with E-state index in [-0.39, 0.29) is 0 Å². The summed E-state index contributed by atoms with van der Waals surface area (Å²) in [6.45, 7) is 3.54. The van der Waals surface area contributed by atoms with E-state index in [4.69, 9.17) is 9.47 Å². The van der Waals surface area contributed by atoms with Crippen molar-refractivity contribution in [2.75, 3.05) is 13.7 Å². The molecule has 1 rings (SSSR count). The van der Waals surface area contributed by atoms with Gasteiger partial charge >= 0.3 is 0 Å². The second-order valence-electron chi connectivity index (χ2n) is 3.05. The van der Waals surface area contributed by atoms with E-state index in [1.165, 1.54) is 0 Å². The van der Waals surface area contributed by atoms with Crippen LogP contribution in [0.5, 0.6) is 5.75 Å². The summed E-state index contributed by atoms with van der Waals surface area (Å²) in [4.78, 5) is 0. The van der Waals surface area contributed by atoms with Crippen molar-refractivity contribution < 1.29 is 9.47 Å². The number of halogens is 1. The molecule has 0 aromatic heterocycles. The number of ether oxygens (including phenoxy) is 2. The molecule has 0 saturated carbocycles. The van der Waals surface area contributed by atoms with Crippen molar-refractivity contribution in [2.24, 2.45) is 0 Å². The Hall–Kier alpha value is -0.540. The molecule has 0 unspecified atom stereocenters. The van der Waals surface area contributed by atoms with E-state index in [1.807, 2.05) is 18.2 Å². The minimum Gasteiger partial charge on any atom is -0.497 e. The molecule has 1 aromatic carbocycles. The Bertz CT molecular complexity index is 287. The quantitative estimate of drug-likeness (QED) is 0.754. The lowest BCUT2D eigenvalue weighted by molar-refractivity contribution is 0.121. The van der Waals surface area contributed by atoms with E-state index in [0.29, 0.717) is 6.61 Å². The van der Waals surface area contributed by atoms with Crippen LogP contribution in [-0.2, 0) is 11.3 Å². The van der Waals surface area contributed by atoms with Gasteiger partial charge in [0, 0.05) is 11.1 Å². The van der Waals surface area contributed by atoms with Gasteiger partial charge in [-0.2, -0.15) is 0 Å². The van der Waals surface area contributed by atoms with E-state index in [1.54, 1.807) is 7.11 Å². The van der Waals surface area contributed by atoms with Gasteiger partial charge < -0.3 is 9.47 Å². The van der Waals surface area contributed by atoms with E-state index < -0.39 is 0 Å². The average Bonchev–Trinajstić information content (AvgIpc) is 2.17. The number of methoxy groups -OCH3 is 1. The molecule has 78 valence electrons. The summed E-state index contributed by atoms with van der Waals surface area (Å²) >= 11 is 3.43. The van der Waals surface area contributed by atoms with Crippen LogP contribution in [0.3, 0.4) is 0 Å². The van der Waals surface area contributed by atoms with Crippen LogP contribution in [-0.4, -0.2) is 13.7 Å². The molecule has 0 saturated heterocycles. The molecule has 0 aliphatic rings. The van der Waals surface area contributed by atoms with Gasteiger partial charge in [0.05, 0.1) is 13.7 Å². The Labute approximate surface area is 93.4 Å². The predicted octanol–water partition coefficient (Wildman–Crippen LogP) is 3.38. The number of benzene rings is 1. The van der Waals surface area contributed by atoms with Crippen LogP contribution in [0, 0.1) is 0 Å². The van der Waals surface area contributed by atoms with Gasteiger partial charge in [0.2, 0.25) is 0 Å². The molecule has 3 heteroatoms. The van der Waals surface area contributed by atoms with Gasteiger partial charge in [-0.15, -0.1) is 0 Å². The molecular weight excluding hydrogens is 244 g/mol. The van der Waals surface area contributed by atoms with Crippen LogP contribution in [0.4, 0.5) is 0 Å². The highest BCUT2D eigenvalue weighted by atomic mass is 79.9. The molecule has 0 atom stereocenters. The van der Waals surface area contributed by atoms with E-state index in [9.17, 15) is 0 Å². The van der Waals surface area contributed by atoms with Crippen LogP contribution in [0.25, 0.3) is 0 Å². The van der Waals surface area contributed by atoms with Gasteiger partial charge in [0.15, 0.2) is 0 Å². The first-order valence-corrected chi connectivity index (χ1v) is 5.46. The maximum atomic E-state index is 5.45. The highest BCUT2D eigenvalue weighted by Crippen LogP contribution is 2.21.